The minimum absolute atomic E-state index is 0.220. The number of benzene rings is 1. The molecule has 1 N–H and O–H groups in total. The maximum Gasteiger partial charge on any atom is 0.378 e. The summed E-state index contributed by atoms with van der Waals surface area (Å²) in [6, 6.07) is 5.63. The van der Waals surface area contributed by atoms with Crippen LogP contribution in [0, 0.1) is 6.92 Å². The van der Waals surface area contributed by atoms with Crippen LogP contribution in [-0.4, -0.2) is 29.7 Å². The molecule has 0 spiro atoms. The predicted octanol–water partition coefficient (Wildman–Crippen LogP) is 3.14. The van der Waals surface area contributed by atoms with Crippen molar-refractivity contribution in [2.45, 2.75) is 25.2 Å². The van der Waals surface area contributed by atoms with Crippen molar-refractivity contribution in [2.24, 2.45) is 0 Å². The molecule has 0 amide bonds. The van der Waals surface area contributed by atoms with Crippen molar-refractivity contribution in [3.63, 3.8) is 0 Å². The van der Waals surface area contributed by atoms with Gasteiger partial charge in [0.15, 0.2) is 0 Å². The first-order valence-electron chi connectivity index (χ1n) is 6.26. The van der Waals surface area contributed by atoms with E-state index in [-0.39, 0.29) is 5.76 Å². The Morgan fingerprint density at radius 1 is 1.40 bits per heavy atom. The van der Waals surface area contributed by atoms with E-state index in [9.17, 15) is 14.7 Å². The lowest BCUT2D eigenvalue weighted by Crippen LogP contribution is -2.13. The molecule has 1 aromatic carbocycles. The van der Waals surface area contributed by atoms with Crippen LogP contribution in [0.4, 0.5) is 0 Å². The minimum atomic E-state index is -0.994. The molecule has 4 nitrogen and oxygen atoms in total. The molecule has 0 aliphatic carbocycles. The fraction of sp³-hybridized carbons (Fsp3) is 0.333. The molecular formula is C15H18O4S. The third-order valence-electron chi connectivity index (χ3n) is 2.53. The second-order valence-electron chi connectivity index (χ2n) is 4.23. The van der Waals surface area contributed by atoms with Crippen LogP contribution in [-0.2, 0) is 14.3 Å². The number of hydrogen-bond acceptors (Lipinski definition) is 5. The summed E-state index contributed by atoms with van der Waals surface area (Å²) < 4.78 is 4.32. The van der Waals surface area contributed by atoms with E-state index in [0.29, 0.717) is 5.56 Å². The number of carbonyl (C=O) groups is 2. The topological polar surface area (TPSA) is 63.6 Å². The zero-order chi connectivity index (χ0) is 15.1. The van der Waals surface area contributed by atoms with Crippen molar-refractivity contribution in [3.8, 4) is 0 Å². The Balaban J connectivity index is 3.09. The van der Waals surface area contributed by atoms with Crippen LogP contribution < -0.4 is 0 Å². The van der Waals surface area contributed by atoms with E-state index < -0.39 is 11.8 Å². The van der Waals surface area contributed by atoms with E-state index >= 15 is 0 Å². The number of aryl methyl sites for hydroxylation is 1. The third-order valence-corrected chi connectivity index (χ3v) is 3.81. The summed E-state index contributed by atoms with van der Waals surface area (Å²) >= 11 is 1.60. The lowest BCUT2D eigenvalue weighted by atomic mass is 10.1. The summed E-state index contributed by atoms with van der Waals surface area (Å²) in [6.07, 6.45) is 1.90. The standard InChI is InChI=1S/C15H18O4S/c1-4-7-20-14-6-5-10(2)8-11(14)12(16)9-13(17)15(18)19-3/h5-6,8-9,16H,4,7H2,1-3H3/b12-9-. The molecule has 0 heterocycles. The maximum atomic E-state index is 11.5. The first-order valence-corrected chi connectivity index (χ1v) is 7.25. The van der Waals surface area contributed by atoms with E-state index in [2.05, 4.69) is 11.7 Å². The Kier molecular flexibility index (Phi) is 6.31. The third kappa shape index (κ3) is 4.42. The van der Waals surface area contributed by atoms with E-state index in [1.807, 2.05) is 19.1 Å². The average Bonchev–Trinajstić information content (AvgIpc) is 2.44. The highest BCUT2D eigenvalue weighted by molar-refractivity contribution is 7.99. The van der Waals surface area contributed by atoms with E-state index in [1.165, 1.54) is 0 Å². The maximum absolute atomic E-state index is 11.5. The molecular weight excluding hydrogens is 276 g/mol. The number of aliphatic hydroxyl groups is 1. The van der Waals surface area contributed by atoms with Gasteiger partial charge in [-0.25, -0.2) is 4.79 Å². The monoisotopic (exact) mass is 294 g/mol. The van der Waals surface area contributed by atoms with Gasteiger partial charge in [-0.15, -0.1) is 11.8 Å². The van der Waals surface area contributed by atoms with Crippen LogP contribution in [0.3, 0.4) is 0 Å². The fourth-order valence-electron chi connectivity index (χ4n) is 1.54. The summed E-state index contributed by atoms with van der Waals surface area (Å²) in [5.41, 5.74) is 1.52. The number of thioether (sulfide) groups is 1. The van der Waals surface area contributed by atoms with Crippen LogP contribution in [0.5, 0.6) is 0 Å². The molecule has 0 fully saturated rings. The van der Waals surface area contributed by atoms with Crippen LogP contribution in [0.15, 0.2) is 29.2 Å². The van der Waals surface area contributed by atoms with E-state index in [4.69, 9.17) is 0 Å². The number of ether oxygens (including phenoxy) is 1. The molecule has 108 valence electrons. The van der Waals surface area contributed by atoms with Gasteiger partial charge in [0.1, 0.15) is 5.76 Å². The number of ketones is 1. The molecule has 0 unspecified atom stereocenters. The summed E-state index contributed by atoms with van der Waals surface area (Å²) in [4.78, 5) is 23.4. The number of hydrogen-bond donors (Lipinski definition) is 1. The number of esters is 1. The SMILES string of the molecule is CCCSc1ccc(C)cc1/C(O)=C/C(=O)C(=O)OC. The molecule has 0 aliphatic rings. The first kappa shape index (κ1) is 16.3. The molecule has 0 atom stereocenters. The number of methoxy groups -OCH3 is 1. The highest BCUT2D eigenvalue weighted by Crippen LogP contribution is 2.28. The van der Waals surface area contributed by atoms with Crippen molar-refractivity contribution in [3.05, 3.63) is 35.4 Å². The van der Waals surface area contributed by atoms with Gasteiger partial charge in [0.2, 0.25) is 0 Å². The molecule has 5 heteroatoms. The molecule has 0 saturated carbocycles. The highest BCUT2D eigenvalue weighted by Gasteiger charge is 2.15. The van der Waals surface area contributed by atoms with Crippen LogP contribution in [0.2, 0.25) is 0 Å². The van der Waals surface area contributed by atoms with E-state index in [1.54, 1.807) is 17.8 Å². The molecule has 1 aromatic rings. The molecule has 0 saturated heterocycles. The molecule has 0 aromatic heterocycles. The van der Waals surface area contributed by atoms with Crippen molar-refractivity contribution >= 4 is 29.3 Å². The zero-order valence-electron chi connectivity index (χ0n) is 11.8. The normalized spacial score (nSPS) is 11.2. The Bertz CT molecular complexity index is 535. The zero-order valence-corrected chi connectivity index (χ0v) is 12.6. The number of carbonyl (C=O) groups excluding carboxylic acids is 2. The smallest absolute Gasteiger partial charge is 0.378 e. The lowest BCUT2D eigenvalue weighted by molar-refractivity contribution is -0.149. The minimum Gasteiger partial charge on any atom is -0.507 e. The molecule has 0 radical (unpaired) electrons. The first-order chi connectivity index (χ1) is 9.49. The number of rotatable bonds is 6. The predicted molar refractivity (Wildman–Crippen MR) is 79.8 cm³/mol. The Morgan fingerprint density at radius 3 is 2.70 bits per heavy atom. The summed E-state index contributed by atoms with van der Waals surface area (Å²) in [5.74, 6) is -1.18. The Labute approximate surface area is 122 Å². The van der Waals surface area contributed by atoms with Crippen molar-refractivity contribution in [1.82, 2.24) is 0 Å². The fourth-order valence-corrected chi connectivity index (χ4v) is 2.45. The average molecular weight is 294 g/mol. The Morgan fingerprint density at radius 2 is 2.10 bits per heavy atom. The van der Waals surface area contributed by atoms with Crippen LogP contribution in [0.25, 0.3) is 5.76 Å². The van der Waals surface area contributed by atoms with Gasteiger partial charge in [-0.1, -0.05) is 18.6 Å². The van der Waals surface area contributed by atoms with Crippen LogP contribution in [0.1, 0.15) is 24.5 Å². The Hall–Kier alpha value is -1.75. The van der Waals surface area contributed by atoms with Gasteiger partial charge in [-0.3, -0.25) is 4.79 Å². The summed E-state index contributed by atoms with van der Waals surface area (Å²) in [7, 11) is 1.13. The number of aliphatic hydroxyl groups excluding tert-OH is 1. The molecule has 1 rings (SSSR count). The second-order valence-corrected chi connectivity index (χ2v) is 5.37. The van der Waals surface area contributed by atoms with Crippen molar-refractivity contribution in [1.29, 1.82) is 0 Å². The van der Waals surface area contributed by atoms with Crippen LogP contribution >= 0.6 is 11.8 Å². The van der Waals surface area contributed by atoms with Gasteiger partial charge < -0.3 is 9.84 Å². The summed E-state index contributed by atoms with van der Waals surface area (Å²) in [6.45, 7) is 3.96. The van der Waals surface area contributed by atoms with Gasteiger partial charge in [0, 0.05) is 16.5 Å². The highest BCUT2D eigenvalue weighted by atomic mass is 32.2. The van der Waals surface area contributed by atoms with Crippen molar-refractivity contribution < 1.29 is 19.4 Å². The largest absolute Gasteiger partial charge is 0.507 e. The van der Waals surface area contributed by atoms with Gasteiger partial charge >= 0.3 is 5.97 Å². The van der Waals surface area contributed by atoms with E-state index in [0.717, 1.165) is 35.8 Å². The molecule has 20 heavy (non-hydrogen) atoms. The second kappa shape index (κ2) is 7.75. The van der Waals surface area contributed by atoms with Gasteiger partial charge in [-0.2, -0.15) is 0 Å². The van der Waals surface area contributed by atoms with Gasteiger partial charge in [0.05, 0.1) is 7.11 Å². The lowest BCUT2D eigenvalue weighted by Gasteiger charge is -2.09. The molecule has 0 bridgehead atoms. The summed E-state index contributed by atoms with van der Waals surface area (Å²) in [5, 5.41) is 10.1. The van der Waals surface area contributed by atoms with Gasteiger partial charge in [-0.05, 0) is 31.2 Å². The molecule has 0 aliphatic heterocycles. The van der Waals surface area contributed by atoms with Crippen molar-refractivity contribution in [2.75, 3.05) is 12.9 Å². The van der Waals surface area contributed by atoms with Gasteiger partial charge in [0.25, 0.3) is 5.78 Å². The quantitative estimate of drug-likeness (QED) is 0.287.